The van der Waals surface area contributed by atoms with Crippen LogP contribution in [-0.2, 0) is 14.8 Å². The van der Waals surface area contributed by atoms with Crippen molar-refractivity contribution in [3.63, 3.8) is 0 Å². The van der Waals surface area contributed by atoms with Crippen LogP contribution in [0.15, 0.2) is 24.3 Å². The summed E-state index contributed by atoms with van der Waals surface area (Å²) in [5.41, 5.74) is 0.905. The molecule has 0 bridgehead atoms. The molecule has 1 aliphatic heterocycles. The van der Waals surface area contributed by atoms with Crippen LogP contribution < -0.4 is 4.72 Å². The van der Waals surface area contributed by atoms with E-state index in [-0.39, 0.29) is 29.9 Å². The zero-order chi connectivity index (χ0) is 20.9. The summed E-state index contributed by atoms with van der Waals surface area (Å²) in [6, 6.07) is 6.24. The Labute approximate surface area is 166 Å². The number of sulfonamides is 1. The highest BCUT2D eigenvalue weighted by molar-refractivity contribution is 7.92. The average Bonchev–Trinajstić information content (AvgIpc) is 2.60. The van der Waals surface area contributed by atoms with E-state index in [2.05, 4.69) is 4.72 Å². The van der Waals surface area contributed by atoms with Crippen molar-refractivity contribution < 1.29 is 22.7 Å². The van der Waals surface area contributed by atoms with Crippen molar-refractivity contribution in [2.75, 3.05) is 30.1 Å². The third kappa shape index (κ3) is 5.85. The Kier molecular flexibility index (Phi) is 7.29. The lowest BCUT2D eigenvalue weighted by molar-refractivity contribution is 0.0338. The van der Waals surface area contributed by atoms with Gasteiger partial charge in [0.2, 0.25) is 10.0 Å². The van der Waals surface area contributed by atoms with Gasteiger partial charge >= 0.3 is 6.09 Å². The predicted octanol–water partition coefficient (Wildman–Crippen LogP) is 2.53. The monoisotopic (exact) mass is 411 g/mol. The lowest BCUT2D eigenvalue weighted by atomic mass is 10.1. The molecule has 9 heteroatoms. The van der Waals surface area contributed by atoms with E-state index in [0.29, 0.717) is 37.3 Å². The number of amides is 2. The molecular formula is C19H29N3O5S. The van der Waals surface area contributed by atoms with Crippen LogP contribution in [0.5, 0.6) is 0 Å². The van der Waals surface area contributed by atoms with E-state index >= 15 is 0 Å². The van der Waals surface area contributed by atoms with Crippen LogP contribution >= 0.6 is 0 Å². The number of carbonyl (C=O) groups excluding carboxylic acids is 2. The van der Waals surface area contributed by atoms with E-state index < -0.39 is 10.0 Å². The number of rotatable bonds is 6. The molecule has 156 valence electrons. The number of hydrogen-bond acceptors (Lipinski definition) is 5. The first-order valence-corrected chi connectivity index (χ1v) is 11.1. The molecule has 0 spiro atoms. The number of piperazine rings is 1. The van der Waals surface area contributed by atoms with Gasteiger partial charge in [-0.3, -0.25) is 9.52 Å². The lowest BCUT2D eigenvalue weighted by Crippen LogP contribution is -2.55. The number of nitrogens with one attached hydrogen (secondary N) is 1. The van der Waals surface area contributed by atoms with Gasteiger partial charge in [-0.05, 0) is 51.5 Å². The Morgan fingerprint density at radius 3 is 2.39 bits per heavy atom. The maximum atomic E-state index is 12.8. The van der Waals surface area contributed by atoms with Gasteiger partial charge in [0.15, 0.2) is 0 Å². The van der Waals surface area contributed by atoms with Crippen LogP contribution in [0.2, 0.25) is 0 Å². The molecule has 0 radical (unpaired) electrons. The zero-order valence-corrected chi connectivity index (χ0v) is 17.7. The highest BCUT2D eigenvalue weighted by Crippen LogP contribution is 2.18. The molecule has 2 amide bonds. The van der Waals surface area contributed by atoms with Crippen LogP contribution in [-0.4, -0.2) is 67.8 Å². The van der Waals surface area contributed by atoms with Crippen LogP contribution in [0.4, 0.5) is 10.5 Å². The number of ether oxygens (including phenoxy) is 1. The summed E-state index contributed by atoms with van der Waals surface area (Å²) in [5.74, 6) is -0.0957. The summed E-state index contributed by atoms with van der Waals surface area (Å²) in [5, 5.41) is 0. The second kappa shape index (κ2) is 9.27. The van der Waals surface area contributed by atoms with Gasteiger partial charge in [-0.2, -0.15) is 0 Å². The molecule has 0 aliphatic carbocycles. The summed E-state index contributed by atoms with van der Waals surface area (Å²) in [7, 11) is -3.36. The van der Waals surface area contributed by atoms with E-state index in [4.69, 9.17) is 4.74 Å². The van der Waals surface area contributed by atoms with Gasteiger partial charge in [0.05, 0.1) is 11.9 Å². The summed E-state index contributed by atoms with van der Waals surface area (Å²) in [6.45, 7) is 8.52. The number of nitrogens with zero attached hydrogens (tertiary/aromatic N) is 2. The van der Waals surface area contributed by atoms with E-state index in [1.807, 2.05) is 6.92 Å². The summed E-state index contributed by atoms with van der Waals surface area (Å²) < 4.78 is 31.4. The molecule has 1 atom stereocenters. The van der Waals surface area contributed by atoms with Gasteiger partial charge < -0.3 is 14.5 Å². The molecule has 2 rings (SSSR count). The molecule has 1 N–H and O–H groups in total. The number of benzene rings is 1. The number of hydrogen-bond donors (Lipinski definition) is 1. The topological polar surface area (TPSA) is 96.0 Å². The molecule has 1 aromatic rings. The lowest BCUT2D eigenvalue weighted by Gasteiger charge is -2.39. The van der Waals surface area contributed by atoms with Crippen molar-refractivity contribution >= 4 is 27.7 Å². The Bertz CT molecular complexity index is 792. The first kappa shape index (κ1) is 22.0. The van der Waals surface area contributed by atoms with E-state index in [1.54, 1.807) is 54.8 Å². The first-order chi connectivity index (χ1) is 13.1. The van der Waals surface area contributed by atoms with Crippen LogP contribution in [0.1, 0.15) is 44.5 Å². The van der Waals surface area contributed by atoms with Crippen molar-refractivity contribution in [2.45, 2.75) is 46.3 Å². The molecule has 1 aromatic carbocycles. The van der Waals surface area contributed by atoms with Crippen LogP contribution in [0.25, 0.3) is 0 Å². The maximum absolute atomic E-state index is 12.8. The first-order valence-electron chi connectivity index (χ1n) is 9.50. The minimum Gasteiger partial charge on any atom is -0.447 e. The largest absolute Gasteiger partial charge is 0.447 e. The summed E-state index contributed by atoms with van der Waals surface area (Å²) >= 11 is 0. The average molecular weight is 412 g/mol. The Morgan fingerprint density at radius 2 is 1.86 bits per heavy atom. The van der Waals surface area contributed by atoms with Gasteiger partial charge in [0, 0.05) is 36.9 Å². The molecule has 1 saturated heterocycles. The molecule has 1 aliphatic rings. The quantitative estimate of drug-likeness (QED) is 0.776. The fourth-order valence-electron chi connectivity index (χ4n) is 3.05. The van der Waals surface area contributed by atoms with E-state index in [9.17, 15) is 18.0 Å². The van der Waals surface area contributed by atoms with Crippen molar-refractivity contribution in [3.8, 4) is 0 Å². The van der Waals surface area contributed by atoms with Gasteiger partial charge in [-0.25, -0.2) is 13.2 Å². The molecular weight excluding hydrogens is 382 g/mol. The van der Waals surface area contributed by atoms with Crippen LogP contribution in [0.3, 0.4) is 0 Å². The minimum atomic E-state index is -3.36. The van der Waals surface area contributed by atoms with E-state index in [1.165, 1.54) is 0 Å². The third-order valence-corrected chi connectivity index (χ3v) is 5.85. The summed E-state index contributed by atoms with van der Waals surface area (Å²) in [6.07, 6.45) is -0.0195. The fraction of sp³-hybridized carbons (Fsp3) is 0.579. The zero-order valence-electron chi connectivity index (χ0n) is 16.8. The molecule has 28 heavy (non-hydrogen) atoms. The predicted molar refractivity (Wildman–Crippen MR) is 108 cm³/mol. The number of carbonyl (C=O) groups is 2. The Hall–Kier alpha value is -2.29. The Balaban J connectivity index is 2.00. The molecule has 8 nitrogen and oxygen atoms in total. The van der Waals surface area contributed by atoms with Crippen molar-refractivity contribution in [2.24, 2.45) is 0 Å². The highest BCUT2D eigenvalue weighted by Gasteiger charge is 2.31. The standard InChI is InChI=1S/C19H29N3O5S/c1-5-12-28(25,26)20-17-8-6-16(7-9-17)18(23)22-11-10-21(13-15(22)4)19(24)27-14(2)3/h6-9,14-15,20H,5,10-13H2,1-4H3/t15-/m1/s1. The van der Waals surface area contributed by atoms with Gasteiger partial charge in [-0.15, -0.1) is 0 Å². The number of anilines is 1. The molecule has 0 saturated carbocycles. The highest BCUT2D eigenvalue weighted by atomic mass is 32.2. The Morgan fingerprint density at radius 1 is 1.21 bits per heavy atom. The molecule has 1 fully saturated rings. The minimum absolute atomic E-state index is 0.0503. The third-order valence-electron chi connectivity index (χ3n) is 4.36. The summed E-state index contributed by atoms with van der Waals surface area (Å²) in [4.78, 5) is 28.2. The second-order valence-corrected chi connectivity index (χ2v) is 9.07. The SMILES string of the molecule is CCCS(=O)(=O)Nc1ccc(C(=O)N2CCN(C(=O)OC(C)C)C[C@H]2C)cc1. The molecule has 0 unspecified atom stereocenters. The van der Waals surface area contributed by atoms with Gasteiger partial charge in [0.1, 0.15) is 0 Å². The maximum Gasteiger partial charge on any atom is 0.410 e. The molecule has 0 aromatic heterocycles. The van der Waals surface area contributed by atoms with E-state index in [0.717, 1.165) is 0 Å². The van der Waals surface area contributed by atoms with Crippen LogP contribution in [0, 0.1) is 0 Å². The molecule has 1 heterocycles. The fourth-order valence-corrected chi connectivity index (χ4v) is 4.18. The second-order valence-electron chi connectivity index (χ2n) is 7.22. The van der Waals surface area contributed by atoms with Crippen molar-refractivity contribution in [3.05, 3.63) is 29.8 Å². The normalized spacial score (nSPS) is 17.5. The van der Waals surface area contributed by atoms with Gasteiger partial charge in [0.25, 0.3) is 5.91 Å². The van der Waals surface area contributed by atoms with Crippen molar-refractivity contribution in [1.29, 1.82) is 0 Å². The van der Waals surface area contributed by atoms with Gasteiger partial charge in [-0.1, -0.05) is 6.92 Å². The van der Waals surface area contributed by atoms with Crippen molar-refractivity contribution in [1.82, 2.24) is 9.80 Å². The smallest absolute Gasteiger partial charge is 0.410 e.